The van der Waals surface area contributed by atoms with Gasteiger partial charge in [-0.15, -0.1) is 0 Å². The van der Waals surface area contributed by atoms with Crippen LogP contribution in [0.15, 0.2) is 261 Å². The van der Waals surface area contributed by atoms with Crippen LogP contribution >= 0.6 is 0 Å². The summed E-state index contributed by atoms with van der Waals surface area (Å²) in [4.78, 5) is 2.44. The van der Waals surface area contributed by atoms with E-state index in [-0.39, 0.29) is 0 Å². The lowest BCUT2D eigenvalue weighted by molar-refractivity contribution is 1.28. The third-order valence-electron chi connectivity index (χ3n) is 12.3. The number of hydrogen-bond donors (Lipinski definition) is 0. The van der Waals surface area contributed by atoms with E-state index in [1.54, 1.807) is 0 Å². The molecule has 0 aliphatic heterocycles. The Labute approximate surface area is 369 Å². The van der Waals surface area contributed by atoms with Crippen LogP contribution in [0, 0.1) is 0 Å². The summed E-state index contributed by atoms with van der Waals surface area (Å²) in [5, 5.41) is 5.01. The van der Waals surface area contributed by atoms with Gasteiger partial charge < -0.3 is 4.90 Å². The molecule has 11 aromatic rings. The first-order valence-corrected chi connectivity index (χ1v) is 21.7. The largest absolute Gasteiger partial charge is 0.310 e. The molecule has 11 rings (SSSR count). The molecule has 11 aromatic carbocycles. The second kappa shape index (κ2) is 16.7. The zero-order valence-electron chi connectivity index (χ0n) is 34.8. The maximum absolute atomic E-state index is 2.44. The summed E-state index contributed by atoms with van der Waals surface area (Å²) in [6.45, 7) is 0. The molecule has 0 fully saturated rings. The van der Waals surface area contributed by atoms with Crippen LogP contribution in [0.2, 0.25) is 0 Å². The van der Waals surface area contributed by atoms with Crippen LogP contribution in [0.25, 0.3) is 88.3 Å². The van der Waals surface area contributed by atoms with E-state index in [1.165, 1.54) is 82.7 Å². The molecule has 0 saturated heterocycles. The summed E-state index contributed by atoms with van der Waals surface area (Å²) < 4.78 is 0. The van der Waals surface area contributed by atoms with Crippen molar-refractivity contribution in [2.75, 3.05) is 4.90 Å². The lowest BCUT2D eigenvalue weighted by Gasteiger charge is -2.29. The van der Waals surface area contributed by atoms with Crippen LogP contribution in [-0.2, 0) is 0 Å². The van der Waals surface area contributed by atoms with Crippen molar-refractivity contribution in [3.05, 3.63) is 261 Å². The molecule has 0 aliphatic carbocycles. The smallest absolute Gasteiger partial charge is 0.0540 e. The molecule has 0 amide bonds. The van der Waals surface area contributed by atoms with Gasteiger partial charge in [0.1, 0.15) is 0 Å². The zero-order chi connectivity index (χ0) is 42.0. The van der Waals surface area contributed by atoms with Crippen molar-refractivity contribution in [3.8, 4) is 66.8 Å². The van der Waals surface area contributed by atoms with E-state index in [9.17, 15) is 0 Å². The van der Waals surface area contributed by atoms with Gasteiger partial charge in [-0.25, -0.2) is 0 Å². The van der Waals surface area contributed by atoms with Gasteiger partial charge in [0.25, 0.3) is 0 Å². The maximum atomic E-state index is 2.44. The topological polar surface area (TPSA) is 3.24 Å². The van der Waals surface area contributed by atoms with Crippen LogP contribution in [0.5, 0.6) is 0 Å². The van der Waals surface area contributed by atoms with Crippen molar-refractivity contribution in [1.29, 1.82) is 0 Å². The highest BCUT2D eigenvalue weighted by atomic mass is 15.1. The summed E-state index contributed by atoms with van der Waals surface area (Å²) in [5.41, 5.74) is 17.5. The first-order valence-electron chi connectivity index (χ1n) is 21.7. The monoisotopic (exact) mass is 801 g/mol. The van der Waals surface area contributed by atoms with E-state index in [1.807, 2.05) is 0 Å². The van der Waals surface area contributed by atoms with Crippen LogP contribution < -0.4 is 4.90 Å². The molecule has 0 atom stereocenters. The number of rotatable bonds is 9. The fourth-order valence-corrected chi connectivity index (χ4v) is 9.19. The zero-order valence-corrected chi connectivity index (χ0v) is 34.8. The summed E-state index contributed by atoms with van der Waals surface area (Å²) in [6.07, 6.45) is 0. The van der Waals surface area contributed by atoms with Crippen LogP contribution in [0.4, 0.5) is 17.1 Å². The molecule has 0 aliphatic rings. The Bertz CT molecular complexity index is 3370. The molecule has 0 bridgehead atoms. The van der Waals surface area contributed by atoms with E-state index in [4.69, 9.17) is 0 Å². The molecular weight excluding hydrogens is 759 g/mol. The minimum atomic E-state index is 1.08. The Hall–Kier alpha value is -8.26. The van der Waals surface area contributed by atoms with E-state index in [2.05, 4.69) is 266 Å². The van der Waals surface area contributed by atoms with Gasteiger partial charge in [-0.2, -0.15) is 0 Å². The number of anilines is 3. The predicted molar refractivity (Wildman–Crippen MR) is 269 cm³/mol. The molecule has 296 valence electrons. The molecule has 0 heterocycles. The Balaban J connectivity index is 1.09. The highest BCUT2D eigenvalue weighted by molar-refractivity contribution is 6.14. The van der Waals surface area contributed by atoms with Gasteiger partial charge in [-0.05, 0) is 131 Å². The first kappa shape index (κ1) is 37.7. The first-order chi connectivity index (χ1) is 31.2. The van der Waals surface area contributed by atoms with Crippen molar-refractivity contribution in [2.45, 2.75) is 0 Å². The Morgan fingerprint density at radius 3 is 1.43 bits per heavy atom. The fourth-order valence-electron chi connectivity index (χ4n) is 9.19. The number of benzene rings is 11. The number of para-hydroxylation sites is 1. The average Bonchev–Trinajstić information content (AvgIpc) is 3.37. The minimum Gasteiger partial charge on any atom is -0.310 e. The molecule has 63 heavy (non-hydrogen) atoms. The number of nitrogens with zero attached hydrogens (tertiary/aromatic N) is 1. The SMILES string of the molecule is c1ccc(-c2cccc(-c3ccc(N(c4cccc(-c5cc6ccccc6c6ccccc56)c4)c4ccccc4-c4ccc(-c5ccccc5)cc4-c4ccccc4)cc3)c2)cc1. The predicted octanol–water partition coefficient (Wildman–Crippen LogP) is 17.5. The molecule has 0 aromatic heterocycles. The molecule has 0 spiro atoms. The second-order valence-corrected chi connectivity index (χ2v) is 16.1. The Morgan fingerprint density at radius 1 is 0.206 bits per heavy atom. The lowest BCUT2D eigenvalue weighted by Crippen LogP contribution is -2.11. The summed E-state index contributed by atoms with van der Waals surface area (Å²) >= 11 is 0. The molecule has 0 radical (unpaired) electrons. The molecule has 0 unspecified atom stereocenters. The van der Waals surface area contributed by atoms with E-state index < -0.39 is 0 Å². The molecule has 1 heteroatoms. The summed E-state index contributed by atoms with van der Waals surface area (Å²) in [7, 11) is 0. The van der Waals surface area contributed by atoms with Gasteiger partial charge in [-0.1, -0.05) is 212 Å². The normalized spacial score (nSPS) is 11.2. The standard InChI is InChI=1S/C62H43N/c1-4-18-44(19-5-1)48-25-16-26-49(40-48)46-34-37-53(38-35-46)63(54-28-17-27-51(41-54)61-43-52-24-10-11-29-55(52)56-30-12-13-31-57(56)61)62-33-15-14-32-59(62)58-39-36-50(45-20-6-2-7-21-45)42-60(58)47-22-8-3-9-23-47/h1-43H. The third kappa shape index (κ3) is 7.37. The van der Waals surface area contributed by atoms with Gasteiger partial charge in [0.2, 0.25) is 0 Å². The highest BCUT2D eigenvalue weighted by Gasteiger charge is 2.21. The maximum Gasteiger partial charge on any atom is 0.0540 e. The van der Waals surface area contributed by atoms with E-state index >= 15 is 0 Å². The third-order valence-corrected chi connectivity index (χ3v) is 12.3. The van der Waals surface area contributed by atoms with Crippen LogP contribution in [0.1, 0.15) is 0 Å². The molecule has 1 nitrogen and oxygen atoms in total. The van der Waals surface area contributed by atoms with Crippen molar-refractivity contribution in [3.63, 3.8) is 0 Å². The Morgan fingerprint density at radius 2 is 0.714 bits per heavy atom. The highest BCUT2D eigenvalue weighted by Crippen LogP contribution is 2.46. The fraction of sp³-hybridized carbons (Fsp3) is 0. The second-order valence-electron chi connectivity index (χ2n) is 16.1. The van der Waals surface area contributed by atoms with Crippen LogP contribution in [0.3, 0.4) is 0 Å². The minimum absolute atomic E-state index is 1.08. The Kier molecular flexibility index (Phi) is 9.97. The van der Waals surface area contributed by atoms with Gasteiger partial charge in [0, 0.05) is 16.9 Å². The van der Waals surface area contributed by atoms with E-state index in [0.29, 0.717) is 0 Å². The number of hydrogen-bond acceptors (Lipinski definition) is 1. The van der Waals surface area contributed by atoms with Gasteiger partial charge >= 0.3 is 0 Å². The van der Waals surface area contributed by atoms with Crippen molar-refractivity contribution < 1.29 is 0 Å². The average molecular weight is 802 g/mol. The van der Waals surface area contributed by atoms with Crippen molar-refractivity contribution in [1.82, 2.24) is 0 Å². The summed E-state index contributed by atoms with van der Waals surface area (Å²) in [5.74, 6) is 0. The molecular formula is C62H43N. The summed E-state index contributed by atoms with van der Waals surface area (Å²) in [6, 6.07) is 94.7. The van der Waals surface area contributed by atoms with E-state index in [0.717, 1.165) is 22.6 Å². The van der Waals surface area contributed by atoms with Crippen molar-refractivity contribution >= 4 is 38.6 Å². The molecule has 0 N–H and O–H groups in total. The number of fused-ring (bicyclic) bond motifs is 3. The van der Waals surface area contributed by atoms with Crippen molar-refractivity contribution in [2.24, 2.45) is 0 Å². The quantitative estimate of drug-likeness (QED) is 0.131. The van der Waals surface area contributed by atoms with Gasteiger partial charge in [0.05, 0.1) is 5.69 Å². The van der Waals surface area contributed by atoms with Crippen LogP contribution in [-0.4, -0.2) is 0 Å². The lowest BCUT2D eigenvalue weighted by atomic mass is 9.90. The van der Waals surface area contributed by atoms with Gasteiger partial charge in [0.15, 0.2) is 0 Å². The molecule has 0 saturated carbocycles. The van der Waals surface area contributed by atoms with Gasteiger partial charge in [-0.3, -0.25) is 0 Å².